The summed E-state index contributed by atoms with van der Waals surface area (Å²) in [6.07, 6.45) is 3.83. The van der Waals surface area contributed by atoms with Gasteiger partial charge < -0.3 is 5.43 Å². The summed E-state index contributed by atoms with van der Waals surface area (Å²) in [4.78, 5) is 0. The predicted octanol–water partition coefficient (Wildman–Crippen LogP) is 2.80. The van der Waals surface area contributed by atoms with E-state index in [-0.39, 0.29) is 0 Å². The standard InChI is InChI=1S/C11H22N2/c1-8(2)10(4)12-13-11-7-5-6-9(11)3/h8-10,12H,5-7H2,1-4H3/b13-11-. The molecule has 0 amide bonds. The van der Waals surface area contributed by atoms with E-state index in [2.05, 4.69) is 38.2 Å². The van der Waals surface area contributed by atoms with Crippen molar-refractivity contribution in [3.8, 4) is 0 Å². The van der Waals surface area contributed by atoms with E-state index in [1.807, 2.05) is 0 Å². The lowest BCUT2D eigenvalue weighted by Gasteiger charge is -2.16. The summed E-state index contributed by atoms with van der Waals surface area (Å²) in [5.74, 6) is 1.35. The molecule has 0 saturated heterocycles. The minimum absolute atomic E-state index is 0.486. The predicted molar refractivity (Wildman–Crippen MR) is 57.9 cm³/mol. The Morgan fingerprint density at radius 1 is 1.38 bits per heavy atom. The van der Waals surface area contributed by atoms with Crippen LogP contribution in [0.4, 0.5) is 0 Å². The third-order valence-electron chi connectivity index (χ3n) is 3.05. The number of hydrogen-bond acceptors (Lipinski definition) is 2. The van der Waals surface area contributed by atoms with Gasteiger partial charge in [-0.3, -0.25) is 0 Å². The average Bonchev–Trinajstić information content (AvgIpc) is 2.47. The van der Waals surface area contributed by atoms with E-state index in [9.17, 15) is 0 Å². The van der Waals surface area contributed by atoms with Gasteiger partial charge in [-0.15, -0.1) is 0 Å². The fourth-order valence-corrected chi connectivity index (χ4v) is 1.50. The van der Waals surface area contributed by atoms with E-state index in [0.717, 1.165) is 0 Å². The van der Waals surface area contributed by atoms with Crippen molar-refractivity contribution in [1.82, 2.24) is 5.43 Å². The second-order valence-electron chi connectivity index (χ2n) is 4.56. The molecule has 0 spiro atoms. The van der Waals surface area contributed by atoms with Crippen LogP contribution in [0, 0.1) is 11.8 Å². The van der Waals surface area contributed by atoms with Gasteiger partial charge in [-0.05, 0) is 38.0 Å². The van der Waals surface area contributed by atoms with Crippen LogP contribution in [0.1, 0.15) is 47.0 Å². The third-order valence-corrected chi connectivity index (χ3v) is 3.05. The Morgan fingerprint density at radius 3 is 2.54 bits per heavy atom. The average molecular weight is 182 g/mol. The molecule has 0 aromatic carbocycles. The maximum Gasteiger partial charge on any atom is 0.0434 e. The molecule has 0 heterocycles. The maximum atomic E-state index is 4.49. The van der Waals surface area contributed by atoms with E-state index >= 15 is 0 Å². The zero-order chi connectivity index (χ0) is 9.84. The minimum atomic E-state index is 0.486. The van der Waals surface area contributed by atoms with Crippen LogP contribution in [0.25, 0.3) is 0 Å². The van der Waals surface area contributed by atoms with Crippen molar-refractivity contribution in [3.63, 3.8) is 0 Å². The number of hydrogen-bond donors (Lipinski definition) is 1. The lowest BCUT2D eigenvalue weighted by molar-refractivity contribution is 0.437. The van der Waals surface area contributed by atoms with Crippen LogP contribution in [-0.2, 0) is 0 Å². The van der Waals surface area contributed by atoms with Crippen molar-refractivity contribution in [2.45, 2.75) is 53.0 Å². The Kier molecular flexibility index (Phi) is 3.76. The zero-order valence-electron chi connectivity index (χ0n) is 9.30. The van der Waals surface area contributed by atoms with Crippen LogP contribution >= 0.6 is 0 Å². The van der Waals surface area contributed by atoms with Gasteiger partial charge >= 0.3 is 0 Å². The van der Waals surface area contributed by atoms with Crippen LogP contribution < -0.4 is 5.43 Å². The highest BCUT2D eigenvalue weighted by atomic mass is 15.3. The molecule has 1 N–H and O–H groups in total. The molecular formula is C11H22N2. The first-order valence-electron chi connectivity index (χ1n) is 5.43. The summed E-state index contributed by atoms with van der Waals surface area (Å²) in [7, 11) is 0. The summed E-state index contributed by atoms with van der Waals surface area (Å²) >= 11 is 0. The van der Waals surface area contributed by atoms with Crippen molar-refractivity contribution in [1.29, 1.82) is 0 Å². The Balaban J connectivity index is 2.38. The van der Waals surface area contributed by atoms with Crippen molar-refractivity contribution < 1.29 is 0 Å². The lowest BCUT2D eigenvalue weighted by Crippen LogP contribution is -2.27. The molecule has 2 heteroatoms. The van der Waals surface area contributed by atoms with Gasteiger partial charge in [0, 0.05) is 11.8 Å². The van der Waals surface area contributed by atoms with Gasteiger partial charge in [-0.25, -0.2) is 0 Å². The van der Waals surface area contributed by atoms with Crippen LogP contribution in [0.3, 0.4) is 0 Å². The maximum absolute atomic E-state index is 4.49. The number of hydrazone groups is 1. The highest BCUT2D eigenvalue weighted by Crippen LogP contribution is 2.21. The topological polar surface area (TPSA) is 24.4 Å². The fraction of sp³-hybridized carbons (Fsp3) is 0.909. The molecule has 1 aliphatic rings. The molecule has 1 fully saturated rings. The number of rotatable bonds is 3. The Morgan fingerprint density at radius 2 is 2.08 bits per heavy atom. The Labute approximate surface area is 81.8 Å². The van der Waals surface area contributed by atoms with Gasteiger partial charge in [0.05, 0.1) is 0 Å². The molecule has 2 atom stereocenters. The van der Waals surface area contributed by atoms with Gasteiger partial charge in [0.15, 0.2) is 0 Å². The molecule has 1 rings (SSSR count). The van der Waals surface area contributed by atoms with Gasteiger partial charge in [0.2, 0.25) is 0 Å². The summed E-state index contributed by atoms with van der Waals surface area (Å²) in [5, 5.41) is 4.49. The highest BCUT2D eigenvalue weighted by Gasteiger charge is 2.18. The zero-order valence-corrected chi connectivity index (χ0v) is 9.30. The van der Waals surface area contributed by atoms with E-state index < -0.39 is 0 Å². The van der Waals surface area contributed by atoms with Gasteiger partial charge in [0.25, 0.3) is 0 Å². The summed E-state index contributed by atoms with van der Waals surface area (Å²) < 4.78 is 0. The molecular weight excluding hydrogens is 160 g/mol. The summed E-state index contributed by atoms with van der Waals surface area (Å²) in [5.41, 5.74) is 4.61. The SMILES string of the molecule is CC1CCC/C1=N/NC(C)C(C)C. The monoisotopic (exact) mass is 182 g/mol. The molecule has 0 aliphatic heterocycles. The largest absolute Gasteiger partial charge is 0.307 e. The van der Waals surface area contributed by atoms with Crippen LogP contribution in [0.15, 0.2) is 5.10 Å². The Bertz CT molecular complexity index is 185. The number of nitrogens with one attached hydrogen (secondary N) is 1. The molecule has 0 radical (unpaired) electrons. The molecule has 13 heavy (non-hydrogen) atoms. The van der Waals surface area contributed by atoms with E-state index in [1.165, 1.54) is 25.0 Å². The molecule has 76 valence electrons. The van der Waals surface area contributed by atoms with E-state index in [0.29, 0.717) is 17.9 Å². The Hall–Kier alpha value is -0.530. The fourth-order valence-electron chi connectivity index (χ4n) is 1.50. The molecule has 0 bridgehead atoms. The molecule has 0 aromatic rings. The molecule has 0 aromatic heterocycles. The summed E-state index contributed by atoms with van der Waals surface area (Å²) in [6.45, 7) is 8.90. The second kappa shape index (κ2) is 4.64. The van der Waals surface area contributed by atoms with Gasteiger partial charge in [-0.1, -0.05) is 20.8 Å². The second-order valence-corrected chi connectivity index (χ2v) is 4.56. The molecule has 1 aliphatic carbocycles. The van der Waals surface area contributed by atoms with E-state index in [1.54, 1.807) is 0 Å². The summed E-state index contributed by atoms with van der Waals surface area (Å²) in [6, 6.07) is 0.486. The van der Waals surface area contributed by atoms with Gasteiger partial charge in [0.1, 0.15) is 0 Å². The van der Waals surface area contributed by atoms with Crippen molar-refractivity contribution >= 4 is 5.71 Å². The van der Waals surface area contributed by atoms with Crippen molar-refractivity contribution in [3.05, 3.63) is 0 Å². The number of nitrogens with zero attached hydrogens (tertiary/aromatic N) is 1. The van der Waals surface area contributed by atoms with Gasteiger partial charge in [-0.2, -0.15) is 5.10 Å². The lowest BCUT2D eigenvalue weighted by atomic mass is 10.1. The first-order chi connectivity index (χ1) is 6.11. The van der Waals surface area contributed by atoms with Crippen LogP contribution in [0.2, 0.25) is 0 Å². The van der Waals surface area contributed by atoms with Crippen LogP contribution in [-0.4, -0.2) is 11.8 Å². The third kappa shape index (κ3) is 3.02. The molecule has 1 saturated carbocycles. The van der Waals surface area contributed by atoms with Crippen molar-refractivity contribution in [2.75, 3.05) is 0 Å². The normalized spacial score (nSPS) is 28.4. The quantitative estimate of drug-likeness (QED) is 0.667. The van der Waals surface area contributed by atoms with E-state index in [4.69, 9.17) is 0 Å². The first kappa shape index (κ1) is 10.6. The smallest absolute Gasteiger partial charge is 0.0434 e. The molecule has 2 unspecified atom stereocenters. The van der Waals surface area contributed by atoms with Crippen molar-refractivity contribution in [2.24, 2.45) is 16.9 Å². The van der Waals surface area contributed by atoms with Crippen LogP contribution in [0.5, 0.6) is 0 Å². The first-order valence-corrected chi connectivity index (χ1v) is 5.43. The highest BCUT2D eigenvalue weighted by molar-refractivity contribution is 5.87. The minimum Gasteiger partial charge on any atom is -0.307 e. The molecule has 2 nitrogen and oxygen atoms in total.